The molecule has 0 spiro atoms. The van der Waals surface area contributed by atoms with Gasteiger partial charge >= 0.3 is 0 Å². The number of nitrogens with one attached hydrogen (secondary N) is 1. The maximum absolute atomic E-state index is 12.9. The third-order valence-electron chi connectivity index (χ3n) is 6.30. The first-order valence-electron chi connectivity index (χ1n) is 10.9. The Morgan fingerprint density at radius 1 is 1.23 bits per heavy atom. The van der Waals surface area contributed by atoms with Crippen molar-refractivity contribution in [2.24, 2.45) is 5.92 Å². The highest BCUT2D eigenvalue weighted by molar-refractivity contribution is 5.77. The number of pyridine rings is 1. The van der Waals surface area contributed by atoms with Gasteiger partial charge in [-0.05, 0) is 67.4 Å². The number of nitrogens with zero attached hydrogens (tertiary/aromatic N) is 2. The number of likely N-dealkylation sites (tertiary alicyclic amines) is 1. The lowest BCUT2D eigenvalue weighted by atomic mass is 9.99. The minimum absolute atomic E-state index is 0.0112. The topological polar surface area (TPSA) is 74.7 Å². The van der Waals surface area contributed by atoms with Crippen LogP contribution in [-0.2, 0) is 17.6 Å². The fourth-order valence-electron chi connectivity index (χ4n) is 4.74. The number of aromatic nitrogens is 1. The quantitative estimate of drug-likeness (QED) is 0.701. The molecule has 2 aromatic rings. The van der Waals surface area contributed by atoms with Crippen molar-refractivity contribution in [2.75, 3.05) is 26.7 Å². The van der Waals surface area contributed by atoms with Crippen molar-refractivity contribution in [3.8, 4) is 5.88 Å². The van der Waals surface area contributed by atoms with Gasteiger partial charge in [0, 0.05) is 25.2 Å². The summed E-state index contributed by atoms with van der Waals surface area (Å²) in [6, 6.07) is 11.6. The molecule has 1 aromatic carbocycles. The van der Waals surface area contributed by atoms with Crippen LogP contribution in [0.25, 0.3) is 0 Å². The van der Waals surface area contributed by atoms with Crippen molar-refractivity contribution in [3.63, 3.8) is 0 Å². The van der Waals surface area contributed by atoms with E-state index in [0.717, 1.165) is 25.9 Å². The normalized spacial score (nSPS) is 18.7. The number of hydrogen-bond acceptors (Lipinski definition) is 5. The van der Waals surface area contributed by atoms with E-state index in [4.69, 9.17) is 4.74 Å². The van der Waals surface area contributed by atoms with E-state index in [1.807, 2.05) is 0 Å². The summed E-state index contributed by atoms with van der Waals surface area (Å²) in [7, 11) is 1.56. The molecule has 2 atom stereocenters. The van der Waals surface area contributed by atoms with E-state index in [0.29, 0.717) is 30.3 Å². The second-order valence-electron chi connectivity index (χ2n) is 8.51. The summed E-state index contributed by atoms with van der Waals surface area (Å²) in [5.41, 5.74) is 3.42. The number of benzene rings is 1. The van der Waals surface area contributed by atoms with Gasteiger partial charge in [0.15, 0.2) is 0 Å². The number of fused-ring (bicyclic) bond motifs is 1. The van der Waals surface area contributed by atoms with Crippen molar-refractivity contribution in [1.82, 2.24) is 15.2 Å². The zero-order valence-corrected chi connectivity index (χ0v) is 17.6. The van der Waals surface area contributed by atoms with Crippen molar-refractivity contribution < 1.29 is 14.6 Å². The zero-order chi connectivity index (χ0) is 20.9. The van der Waals surface area contributed by atoms with Crippen LogP contribution in [0, 0.1) is 5.92 Å². The summed E-state index contributed by atoms with van der Waals surface area (Å²) in [6.07, 6.45) is 5.53. The Kier molecular flexibility index (Phi) is 6.65. The minimum Gasteiger partial charge on any atom is -0.481 e. The molecule has 0 radical (unpaired) electrons. The van der Waals surface area contributed by atoms with Crippen molar-refractivity contribution in [3.05, 3.63) is 59.3 Å². The van der Waals surface area contributed by atoms with Crippen LogP contribution in [0.3, 0.4) is 0 Å². The van der Waals surface area contributed by atoms with Crippen LogP contribution in [0.1, 0.15) is 42.1 Å². The first-order chi connectivity index (χ1) is 14.6. The molecule has 1 saturated heterocycles. The van der Waals surface area contributed by atoms with Crippen LogP contribution in [0.4, 0.5) is 0 Å². The molecule has 1 fully saturated rings. The van der Waals surface area contributed by atoms with Crippen LogP contribution in [0.15, 0.2) is 42.6 Å². The largest absolute Gasteiger partial charge is 0.481 e. The van der Waals surface area contributed by atoms with Gasteiger partial charge in [0.2, 0.25) is 11.8 Å². The monoisotopic (exact) mass is 409 g/mol. The lowest BCUT2D eigenvalue weighted by Gasteiger charge is -2.29. The Hall–Kier alpha value is -2.44. The number of rotatable bonds is 8. The first kappa shape index (κ1) is 20.8. The van der Waals surface area contributed by atoms with E-state index in [2.05, 4.69) is 39.5 Å². The van der Waals surface area contributed by atoms with Crippen molar-refractivity contribution >= 4 is 5.91 Å². The molecule has 0 bridgehead atoms. The number of aliphatic hydroxyl groups is 1. The maximum atomic E-state index is 12.9. The van der Waals surface area contributed by atoms with Gasteiger partial charge in [-0.1, -0.05) is 24.3 Å². The van der Waals surface area contributed by atoms with Gasteiger partial charge in [0.1, 0.15) is 6.10 Å². The number of methoxy groups -OCH3 is 1. The number of carbonyl (C=O) groups excluding carboxylic acids is 1. The zero-order valence-electron chi connectivity index (χ0n) is 17.6. The molecule has 1 aliphatic carbocycles. The SMILES string of the molecule is COc1cc([C@@H](O)C(CN2CCCC2)NC(=O)CC2Cc3ccccc3C2)ccn1. The Morgan fingerprint density at radius 3 is 2.60 bits per heavy atom. The standard InChI is InChI=1S/C24H31N3O3/c1-30-23-15-20(8-9-25-23)24(29)21(16-27-10-4-5-11-27)26-22(28)14-17-12-18-6-2-3-7-19(18)13-17/h2-3,6-9,15,17,21,24,29H,4-5,10-14,16H2,1H3,(H,26,28)/t21?,24-/m1/s1. The molecule has 2 N–H and O–H groups in total. The highest BCUT2D eigenvalue weighted by Crippen LogP contribution is 2.29. The van der Waals surface area contributed by atoms with Crippen LogP contribution in [-0.4, -0.2) is 53.7 Å². The second kappa shape index (κ2) is 9.58. The average Bonchev–Trinajstić information content (AvgIpc) is 3.41. The third kappa shape index (κ3) is 4.99. The summed E-state index contributed by atoms with van der Waals surface area (Å²) in [5, 5.41) is 14.2. The molecule has 1 aromatic heterocycles. The predicted octanol–water partition coefficient (Wildman–Crippen LogP) is 2.51. The summed E-state index contributed by atoms with van der Waals surface area (Å²) in [6.45, 7) is 2.66. The first-order valence-corrected chi connectivity index (χ1v) is 10.9. The third-order valence-corrected chi connectivity index (χ3v) is 6.30. The Morgan fingerprint density at radius 2 is 1.93 bits per heavy atom. The highest BCUT2D eigenvalue weighted by atomic mass is 16.5. The molecular weight excluding hydrogens is 378 g/mol. The van der Waals surface area contributed by atoms with E-state index in [1.165, 1.54) is 24.0 Å². The van der Waals surface area contributed by atoms with E-state index >= 15 is 0 Å². The summed E-state index contributed by atoms with van der Waals surface area (Å²) < 4.78 is 5.20. The molecular formula is C24H31N3O3. The molecule has 2 aliphatic rings. The van der Waals surface area contributed by atoms with Gasteiger partial charge in [-0.2, -0.15) is 0 Å². The van der Waals surface area contributed by atoms with Gasteiger partial charge in [-0.15, -0.1) is 0 Å². The maximum Gasteiger partial charge on any atom is 0.220 e. The summed E-state index contributed by atoms with van der Waals surface area (Å²) in [5.74, 6) is 0.798. The molecule has 1 aliphatic heterocycles. The van der Waals surface area contributed by atoms with Gasteiger partial charge in [0.05, 0.1) is 13.2 Å². The minimum atomic E-state index is -0.813. The van der Waals surface area contributed by atoms with E-state index in [-0.39, 0.29) is 11.9 Å². The summed E-state index contributed by atoms with van der Waals surface area (Å²) >= 11 is 0. The van der Waals surface area contributed by atoms with Crippen LogP contribution < -0.4 is 10.1 Å². The number of aliphatic hydroxyl groups excluding tert-OH is 1. The Balaban J connectivity index is 1.42. The van der Waals surface area contributed by atoms with Gasteiger partial charge in [-0.25, -0.2) is 4.98 Å². The molecule has 30 heavy (non-hydrogen) atoms. The van der Waals surface area contributed by atoms with Crippen LogP contribution >= 0.6 is 0 Å². The fourth-order valence-corrected chi connectivity index (χ4v) is 4.74. The molecule has 4 rings (SSSR count). The molecule has 0 saturated carbocycles. The number of carbonyl (C=O) groups is 1. The molecule has 1 amide bonds. The average molecular weight is 410 g/mol. The summed E-state index contributed by atoms with van der Waals surface area (Å²) in [4.78, 5) is 19.4. The fraction of sp³-hybridized carbons (Fsp3) is 0.500. The lowest BCUT2D eigenvalue weighted by molar-refractivity contribution is -0.123. The predicted molar refractivity (Wildman–Crippen MR) is 115 cm³/mol. The van der Waals surface area contributed by atoms with Gasteiger partial charge < -0.3 is 20.1 Å². The van der Waals surface area contributed by atoms with E-state index in [1.54, 1.807) is 25.4 Å². The van der Waals surface area contributed by atoms with Gasteiger partial charge in [0.25, 0.3) is 0 Å². The highest BCUT2D eigenvalue weighted by Gasteiger charge is 2.29. The van der Waals surface area contributed by atoms with E-state index in [9.17, 15) is 9.90 Å². The molecule has 6 heteroatoms. The Labute approximate surface area is 178 Å². The van der Waals surface area contributed by atoms with Crippen molar-refractivity contribution in [2.45, 2.75) is 44.2 Å². The number of amides is 1. The van der Waals surface area contributed by atoms with Crippen LogP contribution in [0.5, 0.6) is 5.88 Å². The second-order valence-corrected chi connectivity index (χ2v) is 8.51. The van der Waals surface area contributed by atoms with Crippen LogP contribution in [0.2, 0.25) is 0 Å². The molecule has 1 unspecified atom stereocenters. The van der Waals surface area contributed by atoms with Gasteiger partial charge in [-0.3, -0.25) is 4.79 Å². The van der Waals surface area contributed by atoms with Crippen molar-refractivity contribution in [1.29, 1.82) is 0 Å². The molecule has 2 heterocycles. The number of hydrogen-bond donors (Lipinski definition) is 2. The molecule has 160 valence electrons. The smallest absolute Gasteiger partial charge is 0.220 e. The van der Waals surface area contributed by atoms with E-state index < -0.39 is 6.10 Å². The number of ether oxygens (including phenoxy) is 1. The lowest BCUT2D eigenvalue weighted by Crippen LogP contribution is -2.47. The molecule has 6 nitrogen and oxygen atoms in total. The Bertz CT molecular complexity index is 841.